The van der Waals surface area contributed by atoms with Gasteiger partial charge in [0.05, 0.1) is 30.4 Å². The van der Waals surface area contributed by atoms with Crippen molar-refractivity contribution >= 4 is 29.1 Å². The van der Waals surface area contributed by atoms with Crippen LogP contribution in [-0.2, 0) is 56.0 Å². The standard InChI is InChI=1S/C55H59N7O6/c1-35-25-40-9-7-8-10-42(40)34-61(35)54(65)50-28-43-33-60(53(64)26-39-11-17-47(18-12-39)68-24-22-59-21-23-67-36(2)32-59)20-19-41(43)27-49(50)52-30-48(37(3)58(52)6)55(66)62(44-13-15-46(63)16-14-44)51-29-45(31-56)57(5)38(51)4/h7-18,27-30,35-36,63H,19-26,32-34H2,1-6H3/t35-,36+/m1/s1. The van der Waals surface area contributed by atoms with E-state index in [1.54, 1.807) is 34.7 Å². The highest BCUT2D eigenvalue weighted by Crippen LogP contribution is 2.38. The molecule has 0 unspecified atom stereocenters. The zero-order valence-electron chi connectivity index (χ0n) is 39.8. The molecular weight excluding hydrogens is 855 g/mol. The number of nitriles is 1. The van der Waals surface area contributed by atoms with Gasteiger partial charge in [-0.15, -0.1) is 0 Å². The molecule has 350 valence electrons. The van der Waals surface area contributed by atoms with Crippen LogP contribution in [0.5, 0.6) is 11.5 Å². The Morgan fingerprint density at radius 3 is 2.31 bits per heavy atom. The third-order valence-corrected chi connectivity index (χ3v) is 14.2. The fourth-order valence-corrected chi connectivity index (χ4v) is 9.97. The molecule has 13 heteroatoms. The van der Waals surface area contributed by atoms with Crippen LogP contribution < -0.4 is 9.64 Å². The van der Waals surface area contributed by atoms with Crippen molar-refractivity contribution in [2.75, 3.05) is 44.3 Å². The molecule has 3 aliphatic rings. The lowest BCUT2D eigenvalue weighted by molar-refractivity contribution is -0.131. The maximum absolute atomic E-state index is 15.2. The molecule has 9 rings (SSSR count). The van der Waals surface area contributed by atoms with Crippen LogP contribution in [0.2, 0.25) is 0 Å². The predicted molar refractivity (Wildman–Crippen MR) is 261 cm³/mol. The zero-order valence-corrected chi connectivity index (χ0v) is 39.8. The van der Waals surface area contributed by atoms with Gasteiger partial charge in [0.25, 0.3) is 11.8 Å². The summed E-state index contributed by atoms with van der Waals surface area (Å²) in [5.41, 5.74) is 10.5. The van der Waals surface area contributed by atoms with Gasteiger partial charge < -0.3 is 33.5 Å². The smallest absolute Gasteiger partial charge is 0.264 e. The number of phenolic OH excluding ortho intramolecular Hbond substituents is 1. The van der Waals surface area contributed by atoms with E-state index >= 15 is 9.59 Å². The number of hydrogen-bond donors (Lipinski definition) is 1. The van der Waals surface area contributed by atoms with Crippen molar-refractivity contribution in [2.24, 2.45) is 14.1 Å². The van der Waals surface area contributed by atoms with Crippen LogP contribution in [-0.4, -0.2) is 98.2 Å². The van der Waals surface area contributed by atoms with E-state index in [-0.39, 0.29) is 42.0 Å². The van der Waals surface area contributed by atoms with Crippen molar-refractivity contribution < 1.29 is 29.0 Å². The summed E-state index contributed by atoms with van der Waals surface area (Å²) < 4.78 is 15.4. The molecule has 2 aromatic heterocycles. The van der Waals surface area contributed by atoms with Gasteiger partial charge in [0.2, 0.25) is 5.91 Å². The molecule has 1 N–H and O–H groups in total. The van der Waals surface area contributed by atoms with Gasteiger partial charge in [0, 0.05) is 93.3 Å². The Kier molecular flexibility index (Phi) is 13.0. The molecule has 0 saturated carbocycles. The molecular formula is C55H59N7O6. The van der Waals surface area contributed by atoms with Crippen molar-refractivity contribution in [1.82, 2.24) is 23.8 Å². The van der Waals surface area contributed by atoms with Gasteiger partial charge in [-0.05, 0) is 129 Å². The number of aromatic nitrogens is 2. The van der Waals surface area contributed by atoms with E-state index in [2.05, 4.69) is 43.0 Å². The Morgan fingerprint density at radius 2 is 1.59 bits per heavy atom. The minimum absolute atomic E-state index is 0.0129. The highest BCUT2D eigenvalue weighted by molar-refractivity contribution is 6.13. The molecule has 6 aromatic rings. The number of nitrogens with zero attached hydrogens (tertiary/aromatic N) is 7. The third kappa shape index (κ3) is 9.14. The van der Waals surface area contributed by atoms with E-state index in [0.29, 0.717) is 77.8 Å². The van der Waals surface area contributed by atoms with Gasteiger partial charge in [-0.2, -0.15) is 5.26 Å². The molecule has 3 amide bonds. The van der Waals surface area contributed by atoms with Gasteiger partial charge in [-0.3, -0.25) is 24.2 Å². The summed E-state index contributed by atoms with van der Waals surface area (Å²) in [5.74, 6) is 0.408. The first-order chi connectivity index (χ1) is 32.8. The molecule has 68 heavy (non-hydrogen) atoms. The van der Waals surface area contributed by atoms with Gasteiger partial charge in [0.15, 0.2) is 0 Å². The number of ether oxygens (including phenoxy) is 2. The number of benzene rings is 4. The topological polar surface area (TPSA) is 137 Å². The van der Waals surface area contributed by atoms with E-state index in [9.17, 15) is 15.2 Å². The molecule has 0 aliphatic carbocycles. The quantitative estimate of drug-likeness (QED) is 0.138. The maximum Gasteiger partial charge on any atom is 0.264 e. The highest BCUT2D eigenvalue weighted by Gasteiger charge is 2.34. The average molecular weight is 914 g/mol. The van der Waals surface area contributed by atoms with Crippen LogP contribution in [0.1, 0.15) is 79.5 Å². The highest BCUT2D eigenvalue weighted by atomic mass is 16.5. The van der Waals surface area contributed by atoms with Crippen LogP contribution in [0.4, 0.5) is 11.4 Å². The van der Waals surface area contributed by atoms with Crippen LogP contribution in [0.15, 0.2) is 97.1 Å². The Morgan fingerprint density at radius 1 is 0.838 bits per heavy atom. The first kappa shape index (κ1) is 46.0. The second kappa shape index (κ2) is 19.2. The Bertz CT molecular complexity index is 2930. The molecule has 0 bridgehead atoms. The molecule has 0 radical (unpaired) electrons. The van der Waals surface area contributed by atoms with Gasteiger partial charge >= 0.3 is 0 Å². The van der Waals surface area contributed by atoms with E-state index in [1.807, 2.05) is 83.8 Å². The van der Waals surface area contributed by atoms with E-state index in [1.165, 1.54) is 17.7 Å². The van der Waals surface area contributed by atoms with Crippen LogP contribution in [0.25, 0.3) is 11.3 Å². The normalized spacial score (nSPS) is 17.0. The number of amides is 3. The summed E-state index contributed by atoms with van der Waals surface area (Å²) in [5, 5.41) is 20.1. The van der Waals surface area contributed by atoms with Crippen LogP contribution >= 0.6 is 0 Å². The number of rotatable bonds is 11. The Hall–Kier alpha value is -7.14. The van der Waals surface area contributed by atoms with Gasteiger partial charge in [-0.25, -0.2) is 0 Å². The number of carbonyl (C=O) groups is 3. The number of morpholine rings is 1. The number of carbonyl (C=O) groups excluding carboxylic acids is 3. The lowest BCUT2D eigenvalue weighted by atomic mass is 9.89. The average Bonchev–Trinajstić information content (AvgIpc) is 3.80. The number of fused-ring (bicyclic) bond motifs is 2. The largest absolute Gasteiger partial charge is 0.508 e. The second-order valence-corrected chi connectivity index (χ2v) is 18.6. The van der Waals surface area contributed by atoms with Crippen molar-refractivity contribution in [3.8, 4) is 28.8 Å². The van der Waals surface area contributed by atoms with E-state index in [0.717, 1.165) is 66.4 Å². The lowest BCUT2D eigenvalue weighted by Crippen LogP contribution is -2.43. The van der Waals surface area contributed by atoms with E-state index < -0.39 is 0 Å². The van der Waals surface area contributed by atoms with Crippen molar-refractivity contribution in [3.63, 3.8) is 0 Å². The Balaban J connectivity index is 1.02. The molecule has 0 spiro atoms. The molecule has 2 atom stereocenters. The SMILES string of the molecule is Cc1c(N(C(=O)c2cc(-c3cc4c(cc3C(=O)N3Cc5ccccc5C[C@H]3C)CN(C(=O)Cc3ccc(OCCN5CCO[C@@H](C)C5)cc3)CC4)n(C)c2C)c2ccc(O)cc2)cc(C#N)n1C. The minimum atomic E-state index is -0.324. The van der Waals surface area contributed by atoms with Crippen molar-refractivity contribution in [3.05, 3.63) is 153 Å². The summed E-state index contributed by atoms with van der Waals surface area (Å²) in [7, 11) is 3.70. The number of anilines is 2. The van der Waals surface area contributed by atoms with Crippen LogP contribution in [0.3, 0.4) is 0 Å². The van der Waals surface area contributed by atoms with Gasteiger partial charge in [-0.1, -0.05) is 36.4 Å². The first-order valence-corrected chi connectivity index (χ1v) is 23.5. The van der Waals surface area contributed by atoms with Gasteiger partial charge in [0.1, 0.15) is 29.9 Å². The number of aromatic hydroxyl groups is 1. The summed E-state index contributed by atoms with van der Waals surface area (Å²) >= 11 is 0. The molecule has 1 saturated heterocycles. The number of phenols is 1. The number of hydrogen-bond acceptors (Lipinski definition) is 8. The minimum Gasteiger partial charge on any atom is -0.508 e. The lowest BCUT2D eigenvalue weighted by Gasteiger charge is -2.36. The summed E-state index contributed by atoms with van der Waals surface area (Å²) in [6.07, 6.45) is 1.81. The summed E-state index contributed by atoms with van der Waals surface area (Å²) in [6, 6.07) is 32.2. The predicted octanol–water partition coefficient (Wildman–Crippen LogP) is 8.02. The molecule has 4 aromatic carbocycles. The molecule has 3 aliphatic heterocycles. The first-order valence-electron chi connectivity index (χ1n) is 23.5. The molecule has 13 nitrogen and oxygen atoms in total. The van der Waals surface area contributed by atoms with E-state index in [4.69, 9.17) is 9.47 Å². The fraction of sp³-hybridized carbons (Fsp3) is 0.345. The Labute approximate surface area is 398 Å². The van der Waals surface area contributed by atoms with Crippen LogP contribution in [0, 0.1) is 25.2 Å². The fourth-order valence-electron chi connectivity index (χ4n) is 9.97. The zero-order chi connectivity index (χ0) is 47.8. The second-order valence-electron chi connectivity index (χ2n) is 18.6. The van der Waals surface area contributed by atoms with Crippen molar-refractivity contribution in [2.45, 2.75) is 72.2 Å². The molecule has 1 fully saturated rings. The molecule has 5 heterocycles. The van der Waals surface area contributed by atoms with Crippen molar-refractivity contribution in [1.29, 1.82) is 5.26 Å². The summed E-state index contributed by atoms with van der Waals surface area (Å²) in [6.45, 7) is 13.2. The third-order valence-electron chi connectivity index (χ3n) is 14.2. The monoisotopic (exact) mass is 913 g/mol. The maximum atomic E-state index is 15.2. The summed E-state index contributed by atoms with van der Waals surface area (Å²) in [4.78, 5) is 52.0.